The van der Waals surface area contributed by atoms with E-state index in [1.54, 1.807) is 24.3 Å². The summed E-state index contributed by atoms with van der Waals surface area (Å²) in [6, 6.07) is 12.7. The summed E-state index contributed by atoms with van der Waals surface area (Å²) >= 11 is 6.01. The maximum Gasteiger partial charge on any atom is 0.257 e. The van der Waals surface area contributed by atoms with Gasteiger partial charge >= 0.3 is 0 Å². The number of carbonyl (C=O) groups is 1. The van der Waals surface area contributed by atoms with Gasteiger partial charge in [-0.1, -0.05) is 35.9 Å². The lowest BCUT2D eigenvalue weighted by molar-refractivity contribution is 0.102. The van der Waals surface area contributed by atoms with E-state index in [0.717, 1.165) is 17.7 Å². The van der Waals surface area contributed by atoms with E-state index < -0.39 is 0 Å². The predicted molar refractivity (Wildman–Crippen MR) is 75.0 cm³/mol. The molecular weight excluding hydrogens is 262 g/mol. The summed E-state index contributed by atoms with van der Waals surface area (Å²) in [5.74, 6) is 0.539. The highest BCUT2D eigenvalue weighted by Gasteiger charge is 2.18. The van der Waals surface area contributed by atoms with Crippen LogP contribution >= 0.6 is 11.6 Å². The topological polar surface area (TPSA) is 38.3 Å². The largest absolute Gasteiger partial charge is 0.491 e. The van der Waals surface area contributed by atoms with Gasteiger partial charge in [-0.25, -0.2) is 0 Å². The molecule has 0 saturated carbocycles. The van der Waals surface area contributed by atoms with Crippen LogP contribution in [0.1, 0.15) is 15.9 Å². The Labute approximate surface area is 116 Å². The van der Waals surface area contributed by atoms with Crippen molar-refractivity contribution in [3.8, 4) is 5.75 Å². The van der Waals surface area contributed by atoms with E-state index in [4.69, 9.17) is 16.3 Å². The minimum atomic E-state index is -0.227. The van der Waals surface area contributed by atoms with Crippen molar-refractivity contribution in [2.45, 2.75) is 6.42 Å². The molecule has 0 atom stereocenters. The number of hydrogen-bond acceptors (Lipinski definition) is 2. The molecule has 2 aromatic carbocycles. The molecule has 0 saturated heterocycles. The highest BCUT2D eigenvalue weighted by atomic mass is 35.5. The first kappa shape index (κ1) is 12.1. The molecule has 3 nitrogen and oxygen atoms in total. The second-order valence-electron chi connectivity index (χ2n) is 4.33. The van der Waals surface area contributed by atoms with Crippen LogP contribution in [0.25, 0.3) is 0 Å². The summed E-state index contributed by atoms with van der Waals surface area (Å²) in [6.07, 6.45) is 0.880. The lowest BCUT2D eigenvalue weighted by atomic mass is 10.1. The Bertz CT molecular complexity index is 640. The zero-order valence-electron chi connectivity index (χ0n) is 10.2. The van der Waals surface area contributed by atoms with E-state index in [0.29, 0.717) is 22.9 Å². The summed E-state index contributed by atoms with van der Waals surface area (Å²) in [6.45, 7) is 0.661. The lowest BCUT2D eigenvalue weighted by Crippen LogP contribution is -2.13. The number of halogens is 1. The van der Waals surface area contributed by atoms with Crippen molar-refractivity contribution in [3.05, 3.63) is 58.6 Å². The summed E-state index contributed by atoms with van der Waals surface area (Å²) in [5.41, 5.74) is 2.27. The monoisotopic (exact) mass is 273 g/mol. The number of fused-ring (bicyclic) bond motifs is 1. The molecule has 0 unspecified atom stereocenters. The Morgan fingerprint density at radius 2 is 2.00 bits per heavy atom. The summed E-state index contributed by atoms with van der Waals surface area (Å²) in [5, 5.41) is 3.29. The van der Waals surface area contributed by atoms with Gasteiger partial charge in [0.2, 0.25) is 0 Å². The Balaban J connectivity index is 1.89. The molecular formula is C15H12ClNO2. The molecule has 3 rings (SSSR count). The van der Waals surface area contributed by atoms with Crippen molar-refractivity contribution in [2.75, 3.05) is 11.9 Å². The number of nitrogens with one attached hydrogen (secondary N) is 1. The van der Waals surface area contributed by atoms with E-state index in [9.17, 15) is 4.79 Å². The molecule has 1 N–H and O–H groups in total. The summed E-state index contributed by atoms with van der Waals surface area (Å²) < 4.78 is 5.55. The fourth-order valence-electron chi connectivity index (χ4n) is 2.15. The van der Waals surface area contributed by atoms with Crippen molar-refractivity contribution >= 4 is 23.2 Å². The molecule has 1 amide bonds. The van der Waals surface area contributed by atoms with Gasteiger partial charge in [-0.05, 0) is 23.8 Å². The zero-order valence-corrected chi connectivity index (χ0v) is 10.9. The second-order valence-corrected chi connectivity index (χ2v) is 4.73. The van der Waals surface area contributed by atoms with E-state index in [-0.39, 0.29) is 5.91 Å². The van der Waals surface area contributed by atoms with Gasteiger partial charge in [0.25, 0.3) is 5.91 Å². The summed E-state index contributed by atoms with van der Waals surface area (Å²) in [7, 11) is 0. The molecule has 0 bridgehead atoms. The minimum Gasteiger partial charge on any atom is -0.491 e. The molecule has 0 spiro atoms. The fourth-order valence-corrected chi connectivity index (χ4v) is 2.37. The van der Waals surface area contributed by atoms with Crippen LogP contribution in [0, 0.1) is 0 Å². The van der Waals surface area contributed by atoms with Gasteiger partial charge in [0.15, 0.2) is 0 Å². The van der Waals surface area contributed by atoms with Gasteiger partial charge in [0.1, 0.15) is 5.75 Å². The number of para-hydroxylation sites is 1. The molecule has 0 radical (unpaired) electrons. The average Bonchev–Trinajstić information content (AvgIpc) is 2.88. The molecule has 96 valence electrons. The van der Waals surface area contributed by atoms with E-state index in [1.807, 2.05) is 18.2 Å². The maximum absolute atomic E-state index is 12.2. The molecule has 0 aliphatic carbocycles. The van der Waals surface area contributed by atoms with Gasteiger partial charge in [-0.3, -0.25) is 4.79 Å². The minimum absolute atomic E-state index is 0.227. The number of amides is 1. The van der Waals surface area contributed by atoms with E-state index in [2.05, 4.69) is 5.32 Å². The van der Waals surface area contributed by atoms with Gasteiger partial charge in [-0.2, -0.15) is 0 Å². The first-order valence-electron chi connectivity index (χ1n) is 6.06. The van der Waals surface area contributed by atoms with Crippen molar-refractivity contribution in [1.82, 2.24) is 0 Å². The van der Waals surface area contributed by atoms with Crippen LogP contribution in [-0.2, 0) is 6.42 Å². The Kier molecular flexibility index (Phi) is 3.13. The van der Waals surface area contributed by atoms with Crippen LogP contribution < -0.4 is 10.1 Å². The maximum atomic E-state index is 12.2. The highest BCUT2D eigenvalue weighted by Crippen LogP contribution is 2.33. The highest BCUT2D eigenvalue weighted by molar-refractivity contribution is 6.34. The van der Waals surface area contributed by atoms with Crippen LogP contribution in [-0.4, -0.2) is 12.5 Å². The average molecular weight is 274 g/mol. The second kappa shape index (κ2) is 4.94. The number of carbonyl (C=O) groups excluding carboxylic acids is 1. The molecule has 4 heteroatoms. The number of anilines is 1. The van der Waals surface area contributed by atoms with Gasteiger partial charge < -0.3 is 10.1 Å². The number of hydrogen-bond donors (Lipinski definition) is 1. The molecule has 1 aliphatic rings. The van der Waals surface area contributed by atoms with Gasteiger partial charge in [0.05, 0.1) is 22.9 Å². The van der Waals surface area contributed by atoms with Crippen LogP contribution in [0.2, 0.25) is 5.02 Å². The first-order valence-corrected chi connectivity index (χ1v) is 6.44. The molecule has 0 fully saturated rings. The van der Waals surface area contributed by atoms with Crippen LogP contribution in [0.3, 0.4) is 0 Å². The quantitative estimate of drug-likeness (QED) is 0.909. The normalized spacial score (nSPS) is 12.7. The molecule has 0 aromatic heterocycles. The van der Waals surface area contributed by atoms with E-state index in [1.165, 1.54) is 0 Å². The molecule has 1 aliphatic heterocycles. The van der Waals surface area contributed by atoms with E-state index >= 15 is 0 Å². The third kappa shape index (κ3) is 2.29. The van der Waals surface area contributed by atoms with Crippen LogP contribution in [0.5, 0.6) is 5.75 Å². The van der Waals surface area contributed by atoms with Crippen molar-refractivity contribution in [3.63, 3.8) is 0 Å². The number of rotatable bonds is 2. The first-order chi connectivity index (χ1) is 9.25. The number of benzene rings is 2. The predicted octanol–water partition coefficient (Wildman–Crippen LogP) is 3.53. The SMILES string of the molecule is O=C(Nc1cccc2c1OCC2)c1ccccc1Cl. The Morgan fingerprint density at radius 3 is 2.84 bits per heavy atom. The van der Waals surface area contributed by atoms with Crippen molar-refractivity contribution < 1.29 is 9.53 Å². The number of ether oxygens (including phenoxy) is 1. The molecule has 2 aromatic rings. The molecule has 19 heavy (non-hydrogen) atoms. The smallest absolute Gasteiger partial charge is 0.257 e. The summed E-state index contributed by atoms with van der Waals surface area (Å²) in [4.78, 5) is 12.2. The fraction of sp³-hybridized carbons (Fsp3) is 0.133. The molecule has 1 heterocycles. The van der Waals surface area contributed by atoms with Crippen molar-refractivity contribution in [1.29, 1.82) is 0 Å². The van der Waals surface area contributed by atoms with Crippen LogP contribution in [0.4, 0.5) is 5.69 Å². The zero-order chi connectivity index (χ0) is 13.2. The Morgan fingerprint density at radius 1 is 1.16 bits per heavy atom. The van der Waals surface area contributed by atoms with Crippen LogP contribution in [0.15, 0.2) is 42.5 Å². The van der Waals surface area contributed by atoms with Crippen molar-refractivity contribution in [2.24, 2.45) is 0 Å². The third-order valence-electron chi connectivity index (χ3n) is 3.08. The van der Waals surface area contributed by atoms with Gasteiger partial charge in [0, 0.05) is 6.42 Å². The lowest BCUT2D eigenvalue weighted by Gasteiger charge is -2.10. The Hall–Kier alpha value is -2.00. The van der Waals surface area contributed by atoms with Gasteiger partial charge in [-0.15, -0.1) is 0 Å². The standard InChI is InChI=1S/C15H12ClNO2/c16-12-6-2-1-5-11(12)15(18)17-13-7-3-4-10-8-9-19-14(10)13/h1-7H,8-9H2,(H,17,18). The third-order valence-corrected chi connectivity index (χ3v) is 3.41.